The number of nitrogens with zero attached hydrogens (tertiary/aromatic N) is 2. The van der Waals surface area contributed by atoms with Gasteiger partial charge in [-0.3, -0.25) is 4.68 Å². The zero-order valence-corrected chi connectivity index (χ0v) is 11.3. The number of fused-ring (bicyclic) bond motifs is 1. The summed E-state index contributed by atoms with van der Waals surface area (Å²) in [4.78, 5) is 0. The molecule has 98 valence electrons. The second-order valence-electron chi connectivity index (χ2n) is 4.88. The Bertz CT molecular complexity index is 529. The highest BCUT2D eigenvalue weighted by molar-refractivity contribution is 5.81. The fourth-order valence-corrected chi connectivity index (χ4v) is 1.94. The number of benzene rings is 1. The highest BCUT2D eigenvalue weighted by Crippen LogP contribution is 2.21. The monoisotopic (exact) mass is 247 g/mol. The molecule has 0 aliphatic heterocycles. The first kappa shape index (κ1) is 13.1. The van der Waals surface area contributed by atoms with E-state index in [4.69, 9.17) is 10.5 Å². The summed E-state index contributed by atoms with van der Waals surface area (Å²) < 4.78 is 7.82. The third-order valence-electron chi connectivity index (χ3n) is 3.57. The minimum atomic E-state index is -0.265. The first-order valence-corrected chi connectivity index (χ1v) is 6.34. The zero-order chi connectivity index (χ0) is 13.2. The Morgan fingerprint density at radius 1 is 1.39 bits per heavy atom. The molecule has 2 aromatic rings. The van der Waals surface area contributed by atoms with Crippen molar-refractivity contribution in [1.82, 2.24) is 9.78 Å². The van der Waals surface area contributed by atoms with E-state index in [-0.39, 0.29) is 5.60 Å². The van der Waals surface area contributed by atoms with Crippen LogP contribution < -0.4 is 5.73 Å². The van der Waals surface area contributed by atoms with Crippen LogP contribution in [-0.4, -0.2) is 21.9 Å². The van der Waals surface area contributed by atoms with Crippen molar-refractivity contribution in [3.8, 4) is 0 Å². The average molecular weight is 247 g/mol. The van der Waals surface area contributed by atoms with E-state index in [2.05, 4.69) is 24.2 Å². The van der Waals surface area contributed by atoms with E-state index in [1.807, 2.05) is 30.8 Å². The predicted octanol–water partition coefficient (Wildman–Crippen LogP) is 2.22. The van der Waals surface area contributed by atoms with Crippen LogP contribution in [0.4, 0.5) is 0 Å². The van der Waals surface area contributed by atoms with Crippen molar-refractivity contribution < 1.29 is 4.74 Å². The minimum Gasteiger partial charge on any atom is -0.368 e. The summed E-state index contributed by atoms with van der Waals surface area (Å²) in [6.45, 7) is 5.15. The second kappa shape index (κ2) is 5.08. The number of aromatic nitrogens is 2. The molecule has 1 unspecified atom stereocenters. The first-order chi connectivity index (χ1) is 8.59. The Morgan fingerprint density at radius 2 is 2.11 bits per heavy atom. The second-order valence-corrected chi connectivity index (χ2v) is 4.88. The molecular formula is C14H21N3O. The fraction of sp³-hybridized carbons (Fsp3) is 0.500. The summed E-state index contributed by atoms with van der Waals surface area (Å²) in [6.07, 6.45) is 0.897. The van der Waals surface area contributed by atoms with Crippen molar-refractivity contribution >= 4 is 10.9 Å². The van der Waals surface area contributed by atoms with Gasteiger partial charge < -0.3 is 10.5 Å². The Kier molecular flexibility index (Phi) is 3.68. The SMILES string of the molecule is CCC(C)(CN)OCc1nn(C)c2ccccc12. The number of rotatable bonds is 5. The zero-order valence-electron chi connectivity index (χ0n) is 11.3. The average Bonchev–Trinajstić information content (AvgIpc) is 2.74. The summed E-state index contributed by atoms with van der Waals surface area (Å²) in [5.41, 5.74) is 7.58. The molecule has 1 heterocycles. The molecule has 0 radical (unpaired) electrons. The van der Waals surface area contributed by atoms with Crippen molar-refractivity contribution in [2.45, 2.75) is 32.5 Å². The van der Waals surface area contributed by atoms with Gasteiger partial charge in [0.1, 0.15) is 0 Å². The molecule has 1 atom stereocenters. The molecule has 1 aromatic carbocycles. The number of hydrogen-bond donors (Lipinski definition) is 1. The summed E-state index contributed by atoms with van der Waals surface area (Å²) in [5, 5.41) is 5.66. The number of para-hydroxylation sites is 1. The Labute approximate surface area is 108 Å². The fourth-order valence-electron chi connectivity index (χ4n) is 1.94. The smallest absolute Gasteiger partial charge is 0.0960 e. The maximum atomic E-state index is 5.93. The van der Waals surface area contributed by atoms with Gasteiger partial charge in [-0.25, -0.2) is 0 Å². The van der Waals surface area contributed by atoms with Crippen LogP contribution in [0.5, 0.6) is 0 Å². The molecule has 0 saturated heterocycles. The van der Waals surface area contributed by atoms with Crippen LogP contribution in [0.15, 0.2) is 24.3 Å². The molecule has 4 heteroatoms. The van der Waals surface area contributed by atoms with Gasteiger partial charge in [0, 0.05) is 19.0 Å². The summed E-state index contributed by atoms with van der Waals surface area (Å²) in [7, 11) is 1.95. The first-order valence-electron chi connectivity index (χ1n) is 6.34. The van der Waals surface area contributed by atoms with Crippen LogP contribution in [0, 0.1) is 0 Å². The van der Waals surface area contributed by atoms with Gasteiger partial charge in [0.2, 0.25) is 0 Å². The van der Waals surface area contributed by atoms with Crippen LogP contribution in [0.2, 0.25) is 0 Å². The van der Waals surface area contributed by atoms with Crippen LogP contribution in [-0.2, 0) is 18.4 Å². The minimum absolute atomic E-state index is 0.265. The van der Waals surface area contributed by atoms with Crippen LogP contribution in [0.1, 0.15) is 26.0 Å². The van der Waals surface area contributed by atoms with Gasteiger partial charge in [0.15, 0.2) is 0 Å². The van der Waals surface area contributed by atoms with E-state index in [9.17, 15) is 0 Å². The number of hydrogen-bond acceptors (Lipinski definition) is 3. The number of aryl methyl sites for hydroxylation is 1. The van der Waals surface area contributed by atoms with Crippen LogP contribution >= 0.6 is 0 Å². The van der Waals surface area contributed by atoms with Gasteiger partial charge >= 0.3 is 0 Å². The van der Waals surface area contributed by atoms with Crippen LogP contribution in [0.3, 0.4) is 0 Å². The normalized spacial score (nSPS) is 14.9. The molecule has 2 N–H and O–H groups in total. The maximum absolute atomic E-state index is 5.93. The molecule has 18 heavy (non-hydrogen) atoms. The van der Waals surface area contributed by atoms with E-state index >= 15 is 0 Å². The quantitative estimate of drug-likeness (QED) is 0.881. The predicted molar refractivity (Wildman–Crippen MR) is 73.3 cm³/mol. The van der Waals surface area contributed by atoms with E-state index in [0.717, 1.165) is 23.0 Å². The molecule has 0 fully saturated rings. The molecular weight excluding hydrogens is 226 g/mol. The van der Waals surface area contributed by atoms with Crippen LogP contribution in [0.25, 0.3) is 10.9 Å². The standard InChI is InChI=1S/C14H21N3O/c1-4-14(2,10-15)18-9-12-11-7-5-6-8-13(11)17(3)16-12/h5-8H,4,9-10,15H2,1-3H3. The summed E-state index contributed by atoms with van der Waals surface area (Å²) >= 11 is 0. The lowest BCUT2D eigenvalue weighted by atomic mass is 10.0. The molecule has 0 saturated carbocycles. The molecule has 4 nitrogen and oxygen atoms in total. The van der Waals surface area contributed by atoms with Crippen molar-refractivity contribution in [3.63, 3.8) is 0 Å². The highest BCUT2D eigenvalue weighted by atomic mass is 16.5. The molecule has 1 aromatic heterocycles. The van der Waals surface area contributed by atoms with Crippen molar-refractivity contribution in [3.05, 3.63) is 30.0 Å². The summed E-state index contributed by atoms with van der Waals surface area (Å²) in [5.74, 6) is 0. The van der Waals surface area contributed by atoms with Crippen molar-refractivity contribution in [2.75, 3.05) is 6.54 Å². The van der Waals surface area contributed by atoms with E-state index in [1.165, 1.54) is 0 Å². The van der Waals surface area contributed by atoms with E-state index in [1.54, 1.807) is 0 Å². The Morgan fingerprint density at radius 3 is 2.78 bits per heavy atom. The molecule has 0 aliphatic rings. The highest BCUT2D eigenvalue weighted by Gasteiger charge is 2.21. The molecule has 2 rings (SSSR count). The van der Waals surface area contributed by atoms with Crippen molar-refractivity contribution in [2.24, 2.45) is 12.8 Å². The van der Waals surface area contributed by atoms with Gasteiger partial charge in [0.25, 0.3) is 0 Å². The molecule has 0 spiro atoms. The molecule has 0 bridgehead atoms. The van der Waals surface area contributed by atoms with E-state index < -0.39 is 0 Å². The Hall–Kier alpha value is -1.39. The molecule has 0 aliphatic carbocycles. The van der Waals surface area contributed by atoms with Gasteiger partial charge in [-0.05, 0) is 19.4 Å². The van der Waals surface area contributed by atoms with Gasteiger partial charge in [0.05, 0.1) is 23.4 Å². The van der Waals surface area contributed by atoms with E-state index in [0.29, 0.717) is 13.2 Å². The number of ether oxygens (including phenoxy) is 1. The lowest BCUT2D eigenvalue weighted by Gasteiger charge is -2.26. The van der Waals surface area contributed by atoms with Gasteiger partial charge in [-0.2, -0.15) is 5.10 Å². The maximum Gasteiger partial charge on any atom is 0.0960 e. The lowest BCUT2D eigenvalue weighted by Crippen LogP contribution is -2.36. The lowest BCUT2D eigenvalue weighted by molar-refractivity contribution is -0.0398. The summed E-state index contributed by atoms with van der Waals surface area (Å²) in [6, 6.07) is 8.18. The third kappa shape index (κ3) is 2.40. The number of nitrogens with two attached hydrogens (primary N) is 1. The third-order valence-corrected chi connectivity index (χ3v) is 3.57. The van der Waals surface area contributed by atoms with Gasteiger partial charge in [-0.1, -0.05) is 25.1 Å². The topological polar surface area (TPSA) is 53.1 Å². The van der Waals surface area contributed by atoms with Gasteiger partial charge in [-0.15, -0.1) is 0 Å². The van der Waals surface area contributed by atoms with Crippen molar-refractivity contribution in [1.29, 1.82) is 0 Å². The Balaban J connectivity index is 2.22. The largest absolute Gasteiger partial charge is 0.368 e. The molecule has 0 amide bonds.